The highest BCUT2D eigenvalue weighted by molar-refractivity contribution is 5.76. The zero-order chi connectivity index (χ0) is 57.4. The van der Waals surface area contributed by atoms with Crippen LogP contribution in [0, 0.1) is 0 Å². The second-order valence-corrected chi connectivity index (χ2v) is 20.7. The van der Waals surface area contributed by atoms with E-state index in [0.717, 1.165) is 116 Å². The lowest BCUT2D eigenvalue weighted by Gasteiger charge is -2.46. The largest absolute Gasteiger partial charge is 0.394 e. The van der Waals surface area contributed by atoms with Gasteiger partial charge < -0.3 is 65.1 Å². The van der Waals surface area contributed by atoms with E-state index in [2.05, 4.69) is 141 Å². The average molecular weight is 1110 g/mol. The number of hydrogen-bond acceptors (Lipinski definition) is 13. The Morgan fingerprint density at radius 3 is 1.34 bits per heavy atom. The number of aliphatic hydroxyl groups is 8. The summed E-state index contributed by atoms with van der Waals surface area (Å²) in [5, 5.41) is 87.0. The average Bonchev–Trinajstić information content (AvgIpc) is 3.47. The van der Waals surface area contributed by atoms with Gasteiger partial charge in [0.1, 0.15) is 48.8 Å². The van der Waals surface area contributed by atoms with Gasteiger partial charge in [-0.05, 0) is 89.9 Å². The van der Waals surface area contributed by atoms with Gasteiger partial charge in [-0.15, -0.1) is 0 Å². The summed E-state index contributed by atoms with van der Waals surface area (Å²) in [6.07, 6.45) is 53.6. The summed E-state index contributed by atoms with van der Waals surface area (Å²) < 4.78 is 22.7. The van der Waals surface area contributed by atoms with Crippen molar-refractivity contribution >= 4 is 5.91 Å². The third-order valence-electron chi connectivity index (χ3n) is 13.9. The summed E-state index contributed by atoms with van der Waals surface area (Å²) in [5.74, 6) is -0.239. The third kappa shape index (κ3) is 34.4. The van der Waals surface area contributed by atoms with Gasteiger partial charge in [-0.25, -0.2) is 0 Å². The van der Waals surface area contributed by atoms with Crippen molar-refractivity contribution in [3.63, 3.8) is 0 Å². The Morgan fingerprint density at radius 1 is 0.468 bits per heavy atom. The third-order valence-corrected chi connectivity index (χ3v) is 13.9. The molecular formula is C65H107NO13. The van der Waals surface area contributed by atoms with Gasteiger partial charge in [-0.1, -0.05) is 212 Å². The lowest BCUT2D eigenvalue weighted by molar-refractivity contribution is -0.359. The maximum Gasteiger partial charge on any atom is 0.220 e. The molecule has 0 aromatic rings. The number of carbonyl (C=O) groups is 1. The molecule has 0 saturated carbocycles. The van der Waals surface area contributed by atoms with Crippen LogP contribution in [0.3, 0.4) is 0 Å². The lowest BCUT2D eigenvalue weighted by Crippen LogP contribution is -2.65. The monoisotopic (exact) mass is 1110 g/mol. The lowest BCUT2D eigenvalue weighted by atomic mass is 9.97. The van der Waals surface area contributed by atoms with E-state index in [-0.39, 0.29) is 18.9 Å². The molecule has 9 N–H and O–H groups in total. The number of unbranched alkanes of at least 4 members (excludes halogenated alkanes) is 13. The summed E-state index contributed by atoms with van der Waals surface area (Å²) in [6, 6.07) is -0.850. The molecule has 12 unspecified atom stereocenters. The number of amides is 1. The van der Waals surface area contributed by atoms with Crippen LogP contribution in [-0.4, -0.2) is 140 Å². The number of rotatable bonds is 46. The van der Waals surface area contributed by atoms with Crippen LogP contribution in [0.2, 0.25) is 0 Å². The van der Waals surface area contributed by atoms with Crippen molar-refractivity contribution in [3.8, 4) is 0 Å². The van der Waals surface area contributed by atoms with Gasteiger partial charge in [0.25, 0.3) is 0 Å². The fourth-order valence-corrected chi connectivity index (χ4v) is 9.09. The molecule has 14 heteroatoms. The molecule has 2 heterocycles. The maximum atomic E-state index is 13.2. The molecule has 2 saturated heterocycles. The first-order valence-electron chi connectivity index (χ1n) is 30.3. The van der Waals surface area contributed by atoms with Crippen LogP contribution in [0.5, 0.6) is 0 Å². The van der Waals surface area contributed by atoms with E-state index >= 15 is 0 Å². The van der Waals surface area contributed by atoms with Gasteiger partial charge in [0.15, 0.2) is 12.6 Å². The number of ether oxygens (including phenoxy) is 4. The Bertz CT molecular complexity index is 1790. The first-order valence-corrected chi connectivity index (χ1v) is 30.3. The molecule has 79 heavy (non-hydrogen) atoms. The van der Waals surface area contributed by atoms with Crippen molar-refractivity contribution in [2.75, 3.05) is 19.8 Å². The van der Waals surface area contributed by atoms with Gasteiger partial charge >= 0.3 is 0 Å². The first kappa shape index (κ1) is 71.5. The van der Waals surface area contributed by atoms with E-state index < -0.39 is 86.8 Å². The van der Waals surface area contributed by atoms with Crippen LogP contribution in [0.15, 0.2) is 122 Å². The van der Waals surface area contributed by atoms with Crippen LogP contribution < -0.4 is 5.32 Å². The van der Waals surface area contributed by atoms with E-state index in [1.807, 2.05) is 0 Å². The molecule has 1 amide bonds. The second kappa shape index (κ2) is 49.0. The summed E-state index contributed by atoms with van der Waals surface area (Å²) >= 11 is 0. The van der Waals surface area contributed by atoms with Crippen molar-refractivity contribution in [1.82, 2.24) is 5.32 Å². The number of allylic oxidation sites excluding steroid dienone is 20. The molecule has 0 bridgehead atoms. The highest BCUT2D eigenvalue weighted by atomic mass is 16.7. The van der Waals surface area contributed by atoms with Crippen molar-refractivity contribution in [2.24, 2.45) is 0 Å². The highest BCUT2D eigenvalue weighted by Gasteiger charge is 2.51. The molecule has 2 fully saturated rings. The van der Waals surface area contributed by atoms with Crippen LogP contribution >= 0.6 is 0 Å². The standard InChI is InChI=1S/C65H107NO13/c1-3-5-7-9-11-13-15-16-17-18-19-20-21-22-23-24-25-26-27-28-29-30-31-32-33-34-35-36-37-38-39-41-43-45-47-49-57(70)66-53(54(69)48-46-44-42-40-14-12-10-8-6-4-2)52-76-64-62(75)60(73)63(56(51-68)78-64)79-65-61(74)59(72)58(71)55(50-67)77-65/h5,7,11,13,16-17,19-20,22-23,25-26,28-29,31-32,34-35,37-38,53-56,58-65,67-69,71-75H,3-4,6,8-10,12,14-15,18,21,24,27,30,33,36,39-52H2,1-2H3,(H,66,70)/b7-5-,13-11-,17-16-,20-19-,23-22-,26-25-,29-28-,32-31-,35-34-,38-37-. The minimum Gasteiger partial charge on any atom is -0.394 e. The quantitative estimate of drug-likeness (QED) is 0.0204. The van der Waals surface area contributed by atoms with E-state index in [4.69, 9.17) is 18.9 Å². The summed E-state index contributed by atoms with van der Waals surface area (Å²) in [6.45, 7) is 2.68. The normalized spacial score (nSPS) is 25.3. The number of nitrogens with one attached hydrogen (secondary N) is 1. The molecule has 0 aromatic heterocycles. The topological polar surface area (TPSA) is 228 Å². The van der Waals surface area contributed by atoms with Gasteiger partial charge in [0.2, 0.25) is 5.91 Å². The Kier molecular flexibility index (Phi) is 44.4. The fraction of sp³-hybridized carbons (Fsp3) is 0.677. The minimum absolute atomic E-state index is 0.239. The molecule has 0 aromatic carbocycles. The Labute approximate surface area is 476 Å². The summed E-state index contributed by atoms with van der Waals surface area (Å²) in [5.41, 5.74) is 0. The van der Waals surface area contributed by atoms with Crippen LogP contribution in [0.25, 0.3) is 0 Å². The SMILES string of the molecule is CC/C=C\C/C=C\C/C=C\C/C=C\C/C=C\C/C=C\C/C=C\C/C=C\C/C=C\C/C=C\CCCCCCC(=O)NC(COC1OC(CO)C(OC2OC(CO)C(O)C(O)C2O)C(O)C1O)C(O)CCCCCCCCCCCC. The van der Waals surface area contributed by atoms with E-state index in [1.165, 1.54) is 38.5 Å². The van der Waals surface area contributed by atoms with Crippen molar-refractivity contribution in [3.05, 3.63) is 122 Å². The molecule has 0 spiro atoms. The molecule has 2 rings (SSSR count). The summed E-state index contributed by atoms with van der Waals surface area (Å²) in [4.78, 5) is 13.2. The Balaban J connectivity index is 1.67. The minimum atomic E-state index is -1.79. The molecular weight excluding hydrogens is 1000 g/mol. The van der Waals surface area contributed by atoms with E-state index in [0.29, 0.717) is 12.8 Å². The van der Waals surface area contributed by atoms with E-state index in [1.54, 1.807) is 0 Å². The van der Waals surface area contributed by atoms with Gasteiger partial charge in [0, 0.05) is 6.42 Å². The zero-order valence-corrected chi connectivity index (χ0v) is 48.3. The fourth-order valence-electron chi connectivity index (χ4n) is 9.09. The molecule has 450 valence electrons. The van der Waals surface area contributed by atoms with Crippen molar-refractivity contribution in [1.29, 1.82) is 0 Å². The predicted octanol–water partition coefficient (Wildman–Crippen LogP) is 10.6. The predicted molar refractivity (Wildman–Crippen MR) is 318 cm³/mol. The van der Waals surface area contributed by atoms with Crippen molar-refractivity contribution < 1.29 is 64.6 Å². The first-order chi connectivity index (χ1) is 38.6. The van der Waals surface area contributed by atoms with Gasteiger partial charge in [-0.2, -0.15) is 0 Å². The highest BCUT2D eigenvalue weighted by Crippen LogP contribution is 2.30. The molecule has 12 atom stereocenters. The van der Waals surface area contributed by atoms with Crippen LogP contribution in [0.1, 0.15) is 187 Å². The molecule has 2 aliphatic heterocycles. The molecule has 0 radical (unpaired) electrons. The van der Waals surface area contributed by atoms with Gasteiger partial charge in [-0.3, -0.25) is 4.79 Å². The van der Waals surface area contributed by atoms with E-state index in [9.17, 15) is 45.6 Å². The Hall–Kier alpha value is -3.61. The number of carbonyl (C=O) groups excluding carboxylic acids is 1. The number of aliphatic hydroxyl groups excluding tert-OH is 8. The molecule has 2 aliphatic rings. The number of hydrogen-bond donors (Lipinski definition) is 9. The van der Waals surface area contributed by atoms with Crippen LogP contribution in [-0.2, 0) is 23.7 Å². The van der Waals surface area contributed by atoms with Gasteiger partial charge in [0.05, 0.1) is 32.0 Å². The van der Waals surface area contributed by atoms with Crippen molar-refractivity contribution in [2.45, 2.75) is 261 Å². The Morgan fingerprint density at radius 2 is 0.873 bits per heavy atom. The summed E-state index contributed by atoms with van der Waals surface area (Å²) in [7, 11) is 0. The molecule has 0 aliphatic carbocycles. The maximum absolute atomic E-state index is 13.2. The second-order valence-electron chi connectivity index (χ2n) is 20.7. The molecule has 14 nitrogen and oxygen atoms in total. The zero-order valence-electron chi connectivity index (χ0n) is 48.3. The smallest absolute Gasteiger partial charge is 0.220 e. The van der Waals surface area contributed by atoms with Crippen LogP contribution in [0.4, 0.5) is 0 Å².